The van der Waals surface area contributed by atoms with Gasteiger partial charge in [0, 0.05) is 5.56 Å². The van der Waals surface area contributed by atoms with Crippen LogP contribution in [0.3, 0.4) is 0 Å². The van der Waals surface area contributed by atoms with Crippen molar-refractivity contribution in [2.24, 2.45) is 5.73 Å². The van der Waals surface area contributed by atoms with Crippen LogP contribution in [0.5, 0.6) is 0 Å². The third-order valence-corrected chi connectivity index (χ3v) is 5.09. The zero-order valence-electron chi connectivity index (χ0n) is 9.83. The van der Waals surface area contributed by atoms with Gasteiger partial charge in [0.05, 0.1) is 9.21 Å². The van der Waals surface area contributed by atoms with E-state index in [-0.39, 0.29) is 5.78 Å². The van der Waals surface area contributed by atoms with E-state index in [9.17, 15) is 14.4 Å². The summed E-state index contributed by atoms with van der Waals surface area (Å²) in [6, 6.07) is 4.00. The maximum absolute atomic E-state index is 12.4. The summed E-state index contributed by atoms with van der Waals surface area (Å²) in [5.74, 6) is -2.00. The highest BCUT2D eigenvalue weighted by Crippen LogP contribution is 2.46. The maximum Gasteiger partial charge on any atom is 0.326 e. The summed E-state index contributed by atoms with van der Waals surface area (Å²) < 4.78 is 0.401. The summed E-state index contributed by atoms with van der Waals surface area (Å²) in [6.45, 7) is 0. The van der Waals surface area contributed by atoms with Crippen LogP contribution in [0.2, 0.25) is 4.34 Å². The number of carbonyl (C=O) groups excluding carboxylic acids is 3. The molecule has 0 aliphatic carbocycles. The number of halogens is 1. The predicted molar refractivity (Wildman–Crippen MR) is 77.8 cm³/mol. The van der Waals surface area contributed by atoms with Crippen molar-refractivity contribution in [2.45, 2.75) is 5.92 Å². The zero-order valence-corrected chi connectivity index (χ0v) is 12.2. The SMILES string of the molecule is NC(=O)N1C(=O)C(C(=O)c2cccs2)c2cc(Cl)sc21. The van der Waals surface area contributed by atoms with E-state index in [2.05, 4.69) is 0 Å². The van der Waals surface area contributed by atoms with E-state index in [1.807, 2.05) is 0 Å². The molecule has 3 rings (SSSR count). The molecular weight excluding hydrogens is 320 g/mol. The molecule has 0 saturated heterocycles. The fraction of sp³-hybridized carbons (Fsp3) is 0.0833. The van der Waals surface area contributed by atoms with Crippen LogP contribution < -0.4 is 10.6 Å². The van der Waals surface area contributed by atoms with Crippen molar-refractivity contribution in [3.8, 4) is 0 Å². The van der Waals surface area contributed by atoms with Crippen LogP contribution in [0.25, 0.3) is 0 Å². The summed E-state index contributed by atoms with van der Waals surface area (Å²) in [5, 5.41) is 2.09. The number of urea groups is 1. The largest absolute Gasteiger partial charge is 0.351 e. The lowest BCUT2D eigenvalue weighted by molar-refractivity contribution is -0.117. The van der Waals surface area contributed by atoms with Gasteiger partial charge in [0.25, 0.3) is 5.91 Å². The first-order chi connectivity index (χ1) is 9.50. The Kier molecular flexibility index (Phi) is 3.12. The van der Waals surface area contributed by atoms with Crippen molar-refractivity contribution < 1.29 is 14.4 Å². The molecule has 3 amide bonds. The third kappa shape index (κ3) is 1.86. The minimum Gasteiger partial charge on any atom is -0.351 e. The summed E-state index contributed by atoms with van der Waals surface area (Å²) in [5.41, 5.74) is 5.66. The lowest BCUT2D eigenvalue weighted by atomic mass is 9.97. The Bertz CT molecular complexity index is 723. The number of Topliss-reactive ketones (excluding diaryl/α,β-unsaturated/α-hetero) is 1. The molecule has 1 aliphatic rings. The number of nitrogens with two attached hydrogens (primary N) is 1. The minimum atomic E-state index is -1.04. The Hall–Kier alpha value is -1.70. The second-order valence-electron chi connectivity index (χ2n) is 4.10. The number of hydrogen-bond donors (Lipinski definition) is 1. The summed E-state index contributed by atoms with van der Waals surface area (Å²) in [6.07, 6.45) is 0. The standard InChI is InChI=1S/C12H7ClN2O3S2/c13-7-4-5-8(9(16)6-2-1-3-19-6)10(17)15(12(14)18)11(5)20-7/h1-4,8H,(H2,14,18). The van der Waals surface area contributed by atoms with Gasteiger partial charge in [-0.1, -0.05) is 17.7 Å². The molecule has 8 heteroatoms. The van der Waals surface area contributed by atoms with Crippen LogP contribution in [0, 0.1) is 0 Å². The van der Waals surface area contributed by atoms with Crippen LogP contribution in [-0.2, 0) is 4.79 Å². The number of imide groups is 1. The number of fused-ring (bicyclic) bond motifs is 1. The van der Waals surface area contributed by atoms with Crippen LogP contribution >= 0.6 is 34.3 Å². The number of rotatable bonds is 2. The van der Waals surface area contributed by atoms with Gasteiger partial charge in [-0.15, -0.1) is 22.7 Å². The number of primary amides is 1. The molecule has 2 N–H and O–H groups in total. The highest BCUT2D eigenvalue weighted by Gasteiger charge is 2.46. The number of carbonyl (C=O) groups is 3. The summed E-state index contributed by atoms with van der Waals surface area (Å²) in [7, 11) is 0. The van der Waals surface area contributed by atoms with Crippen LogP contribution in [0.15, 0.2) is 23.6 Å². The molecule has 0 saturated carbocycles. The predicted octanol–water partition coefficient (Wildman–Crippen LogP) is 2.85. The van der Waals surface area contributed by atoms with Crippen molar-refractivity contribution in [3.63, 3.8) is 0 Å². The molecule has 2 aromatic heterocycles. The van der Waals surface area contributed by atoms with Crippen molar-refractivity contribution in [3.05, 3.63) is 38.4 Å². The molecule has 3 heterocycles. The Balaban J connectivity index is 2.10. The van der Waals surface area contributed by atoms with E-state index in [4.69, 9.17) is 17.3 Å². The Morgan fingerprint density at radius 2 is 2.15 bits per heavy atom. The van der Waals surface area contributed by atoms with Gasteiger partial charge in [-0.3, -0.25) is 9.59 Å². The van der Waals surface area contributed by atoms with E-state index >= 15 is 0 Å². The van der Waals surface area contributed by atoms with E-state index in [1.54, 1.807) is 23.6 Å². The number of hydrogen-bond acceptors (Lipinski definition) is 5. The van der Waals surface area contributed by atoms with Crippen molar-refractivity contribution in [1.82, 2.24) is 0 Å². The normalized spacial score (nSPS) is 17.4. The first kappa shape index (κ1) is 13.3. The second-order valence-corrected chi connectivity index (χ2v) is 6.71. The van der Waals surface area contributed by atoms with Gasteiger partial charge in [0.1, 0.15) is 10.9 Å². The maximum atomic E-state index is 12.4. The minimum absolute atomic E-state index is 0.336. The smallest absolute Gasteiger partial charge is 0.326 e. The lowest BCUT2D eigenvalue weighted by Crippen LogP contribution is -2.40. The van der Waals surface area contributed by atoms with Gasteiger partial charge >= 0.3 is 6.03 Å². The van der Waals surface area contributed by atoms with Crippen molar-refractivity contribution in [2.75, 3.05) is 4.90 Å². The van der Waals surface area contributed by atoms with Crippen LogP contribution in [0.4, 0.5) is 9.80 Å². The number of anilines is 1. The number of thiophene rings is 2. The summed E-state index contributed by atoms with van der Waals surface area (Å²) in [4.78, 5) is 37.4. The van der Waals surface area contributed by atoms with Crippen molar-refractivity contribution >= 4 is 57.0 Å². The van der Waals surface area contributed by atoms with E-state index in [1.165, 1.54) is 11.3 Å². The monoisotopic (exact) mass is 326 g/mol. The molecule has 1 unspecified atom stereocenters. The number of nitrogens with zero attached hydrogens (tertiary/aromatic N) is 1. The van der Waals surface area contributed by atoms with E-state index < -0.39 is 17.9 Å². The molecule has 102 valence electrons. The van der Waals surface area contributed by atoms with Crippen LogP contribution in [-0.4, -0.2) is 17.7 Å². The Morgan fingerprint density at radius 3 is 2.75 bits per heavy atom. The zero-order chi connectivity index (χ0) is 14.4. The molecule has 1 atom stereocenters. The Morgan fingerprint density at radius 1 is 1.40 bits per heavy atom. The van der Waals surface area contributed by atoms with Gasteiger partial charge in [0.2, 0.25) is 0 Å². The Labute approximate surface area is 126 Å². The average molecular weight is 327 g/mol. The van der Waals surface area contributed by atoms with Crippen molar-refractivity contribution in [1.29, 1.82) is 0 Å². The quantitative estimate of drug-likeness (QED) is 0.680. The molecule has 0 radical (unpaired) electrons. The molecule has 0 aromatic carbocycles. The van der Waals surface area contributed by atoms with E-state index in [0.717, 1.165) is 16.2 Å². The van der Waals surface area contributed by atoms with Gasteiger partial charge in [0.15, 0.2) is 5.78 Å². The molecule has 0 fully saturated rings. The molecule has 0 bridgehead atoms. The second kappa shape index (κ2) is 4.69. The number of ketones is 1. The topological polar surface area (TPSA) is 80.5 Å². The summed E-state index contributed by atoms with van der Waals surface area (Å²) >= 11 is 8.21. The first-order valence-corrected chi connectivity index (χ1v) is 7.58. The lowest BCUT2D eigenvalue weighted by Gasteiger charge is -2.11. The van der Waals surface area contributed by atoms with Gasteiger partial charge in [-0.25, -0.2) is 9.69 Å². The highest BCUT2D eigenvalue weighted by atomic mass is 35.5. The molecule has 20 heavy (non-hydrogen) atoms. The van der Waals surface area contributed by atoms with Gasteiger partial charge in [-0.2, -0.15) is 0 Å². The van der Waals surface area contributed by atoms with Crippen LogP contribution in [0.1, 0.15) is 21.2 Å². The first-order valence-electron chi connectivity index (χ1n) is 5.51. The highest BCUT2D eigenvalue weighted by molar-refractivity contribution is 7.20. The number of amides is 3. The van der Waals surface area contributed by atoms with E-state index in [0.29, 0.717) is 19.8 Å². The average Bonchev–Trinajstić information content (AvgIpc) is 3.03. The molecular formula is C12H7ClN2O3S2. The van der Waals surface area contributed by atoms with Gasteiger partial charge < -0.3 is 5.73 Å². The fourth-order valence-electron chi connectivity index (χ4n) is 2.13. The fourth-order valence-corrected chi connectivity index (χ4v) is 4.10. The molecule has 5 nitrogen and oxygen atoms in total. The molecule has 2 aromatic rings. The third-order valence-electron chi connectivity index (χ3n) is 2.94. The van der Waals surface area contributed by atoms with Gasteiger partial charge in [-0.05, 0) is 17.5 Å². The molecule has 1 aliphatic heterocycles. The molecule has 0 spiro atoms.